The molecule has 23 heavy (non-hydrogen) atoms. The Bertz CT molecular complexity index is 679. The number of nitrogens with zero attached hydrogens (tertiary/aromatic N) is 3. The first-order valence-corrected chi connectivity index (χ1v) is 8.09. The minimum absolute atomic E-state index is 0.0718. The fourth-order valence-corrected chi connectivity index (χ4v) is 2.73. The van der Waals surface area contributed by atoms with Crippen molar-refractivity contribution in [3.63, 3.8) is 0 Å². The van der Waals surface area contributed by atoms with E-state index < -0.39 is 0 Å². The van der Waals surface area contributed by atoms with Gasteiger partial charge in [-0.25, -0.2) is 9.97 Å². The number of carbonyl (C=O) groups excluding carboxylic acids is 1. The second-order valence-electron chi connectivity index (χ2n) is 5.82. The SMILES string of the molecule is Cc1ccnc(Oc2cccc(C(=O)N3CCCCCC3)c2)n1. The lowest BCUT2D eigenvalue weighted by Gasteiger charge is -2.20. The van der Waals surface area contributed by atoms with Crippen LogP contribution in [0.4, 0.5) is 0 Å². The smallest absolute Gasteiger partial charge is 0.322 e. The molecule has 5 nitrogen and oxygen atoms in total. The van der Waals surface area contributed by atoms with Crippen molar-refractivity contribution in [3.05, 3.63) is 47.8 Å². The van der Waals surface area contributed by atoms with Crippen molar-refractivity contribution in [2.45, 2.75) is 32.6 Å². The van der Waals surface area contributed by atoms with Crippen LogP contribution in [0, 0.1) is 6.92 Å². The van der Waals surface area contributed by atoms with E-state index in [0.717, 1.165) is 31.6 Å². The maximum Gasteiger partial charge on any atom is 0.322 e. The van der Waals surface area contributed by atoms with E-state index in [2.05, 4.69) is 9.97 Å². The molecule has 5 heteroatoms. The molecule has 0 spiro atoms. The van der Waals surface area contributed by atoms with Gasteiger partial charge in [-0.3, -0.25) is 4.79 Å². The number of hydrogen-bond acceptors (Lipinski definition) is 4. The predicted molar refractivity (Wildman–Crippen MR) is 87.7 cm³/mol. The third-order valence-corrected chi connectivity index (χ3v) is 3.96. The topological polar surface area (TPSA) is 55.3 Å². The van der Waals surface area contributed by atoms with Crippen LogP contribution in [0.15, 0.2) is 36.5 Å². The van der Waals surface area contributed by atoms with Gasteiger partial charge in [0, 0.05) is 30.5 Å². The molecule has 1 aromatic heterocycles. The number of aromatic nitrogens is 2. The number of amides is 1. The molecule has 2 heterocycles. The number of hydrogen-bond donors (Lipinski definition) is 0. The van der Waals surface area contributed by atoms with Crippen LogP contribution >= 0.6 is 0 Å². The monoisotopic (exact) mass is 311 g/mol. The van der Waals surface area contributed by atoms with E-state index in [4.69, 9.17) is 4.74 Å². The molecule has 120 valence electrons. The second kappa shape index (κ2) is 7.22. The molecule has 0 bridgehead atoms. The van der Waals surface area contributed by atoms with Gasteiger partial charge >= 0.3 is 6.01 Å². The van der Waals surface area contributed by atoms with Gasteiger partial charge in [0.2, 0.25) is 0 Å². The summed E-state index contributed by atoms with van der Waals surface area (Å²) in [5, 5.41) is 0. The molecular weight excluding hydrogens is 290 g/mol. The highest BCUT2D eigenvalue weighted by Gasteiger charge is 2.17. The van der Waals surface area contributed by atoms with E-state index in [1.165, 1.54) is 12.8 Å². The fourth-order valence-electron chi connectivity index (χ4n) is 2.73. The number of rotatable bonds is 3. The molecule has 0 N–H and O–H groups in total. The molecule has 1 aliphatic rings. The summed E-state index contributed by atoms with van der Waals surface area (Å²) < 4.78 is 5.67. The van der Waals surface area contributed by atoms with Crippen molar-refractivity contribution in [1.82, 2.24) is 14.9 Å². The lowest BCUT2D eigenvalue weighted by atomic mass is 10.2. The van der Waals surface area contributed by atoms with Gasteiger partial charge in [-0.2, -0.15) is 0 Å². The largest absolute Gasteiger partial charge is 0.424 e. The standard InChI is InChI=1S/C18H21N3O2/c1-14-9-10-19-18(20-14)23-16-8-6-7-15(13-16)17(22)21-11-4-2-3-5-12-21/h6-10,13H,2-5,11-12H2,1H3. The number of aryl methyl sites for hydroxylation is 1. The molecule has 1 aliphatic heterocycles. The minimum atomic E-state index is 0.0718. The molecule has 1 fully saturated rings. The Balaban J connectivity index is 1.75. The first kappa shape index (κ1) is 15.5. The Labute approximate surface area is 136 Å². The maximum atomic E-state index is 12.7. The van der Waals surface area contributed by atoms with E-state index in [9.17, 15) is 4.79 Å². The highest BCUT2D eigenvalue weighted by Crippen LogP contribution is 2.21. The van der Waals surface area contributed by atoms with Crippen LogP contribution in [-0.4, -0.2) is 33.9 Å². The highest BCUT2D eigenvalue weighted by molar-refractivity contribution is 5.94. The lowest BCUT2D eigenvalue weighted by molar-refractivity contribution is 0.0761. The molecule has 0 saturated carbocycles. The van der Waals surface area contributed by atoms with E-state index in [-0.39, 0.29) is 5.91 Å². The van der Waals surface area contributed by atoms with Gasteiger partial charge in [-0.05, 0) is 44.0 Å². The summed E-state index contributed by atoms with van der Waals surface area (Å²) in [6.07, 6.45) is 6.23. The van der Waals surface area contributed by atoms with Gasteiger partial charge in [0.15, 0.2) is 0 Å². The van der Waals surface area contributed by atoms with Crippen molar-refractivity contribution in [2.24, 2.45) is 0 Å². The molecular formula is C18H21N3O2. The summed E-state index contributed by atoms with van der Waals surface area (Å²) in [5.41, 5.74) is 1.49. The Morgan fingerprint density at radius 3 is 2.65 bits per heavy atom. The molecule has 1 aromatic carbocycles. The number of benzene rings is 1. The van der Waals surface area contributed by atoms with E-state index in [1.54, 1.807) is 12.3 Å². The molecule has 0 atom stereocenters. The van der Waals surface area contributed by atoms with Crippen LogP contribution in [-0.2, 0) is 0 Å². The van der Waals surface area contributed by atoms with Crippen LogP contribution in [0.3, 0.4) is 0 Å². The van der Waals surface area contributed by atoms with E-state index >= 15 is 0 Å². The molecule has 1 amide bonds. The van der Waals surface area contributed by atoms with Crippen molar-refractivity contribution < 1.29 is 9.53 Å². The third-order valence-electron chi connectivity index (χ3n) is 3.96. The zero-order valence-electron chi connectivity index (χ0n) is 13.4. The highest BCUT2D eigenvalue weighted by atomic mass is 16.5. The van der Waals surface area contributed by atoms with Gasteiger partial charge in [0.25, 0.3) is 5.91 Å². The molecule has 2 aromatic rings. The van der Waals surface area contributed by atoms with Gasteiger partial charge in [0.05, 0.1) is 0 Å². The zero-order chi connectivity index (χ0) is 16.1. The normalized spacial score (nSPS) is 15.1. The quantitative estimate of drug-likeness (QED) is 0.869. The number of ether oxygens (including phenoxy) is 1. The summed E-state index contributed by atoms with van der Waals surface area (Å²) >= 11 is 0. The molecule has 3 rings (SSSR count). The Hall–Kier alpha value is -2.43. The lowest BCUT2D eigenvalue weighted by Crippen LogP contribution is -2.31. The maximum absolute atomic E-state index is 12.7. The summed E-state index contributed by atoms with van der Waals surface area (Å²) in [6, 6.07) is 9.34. The summed E-state index contributed by atoms with van der Waals surface area (Å²) in [7, 11) is 0. The molecule has 0 unspecified atom stereocenters. The number of carbonyl (C=O) groups is 1. The van der Waals surface area contributed by atoms with Crippen molar-refractivity contribution in [3.8, 4) is 11.8 Å². The Morgan fingerprint density at radius 1 is 1.13 bits per heavy atom. The third kappa shape index (κ3) is 4.06. The Kier molecular flexibility index (Phi) is 4.86. The van der Waals surface area contributed by atoms with Crippen molar-refractivity contribution in [2.75, 3.05) is 13.1 Å². The first-order valence-electron chi connectivity index (χ1n) is 8.09. The summed E-state index contributed by atoms with van der Waals surface area (Å²) in [4.78, 5) is 22.9. The summed E-state index contributed by atoms with van der Waals surface area (Å²) in [5.74, 6) is 0.652. The van der Waals surface area contributed by atoms with Gasteiger partial charge < -0.3 is 9.64 Å². The minimum Gasteiger partial charge on any atom is -0.424 e. The van der Waals surface area contributed by atoms with Crippen LogP contribution in [0.2, 0.25) is 0 Å². The zero-order valence-corrected chi connectivity index (χ0v) is 13.4. The fraction of sp³-hybridized carbons (Fsp3) is 0.389. The van der Waals surface area contributed by atoms with Gasteiger partial charge in [0.1, 0.15) is 5.75 Å². The van der Waals surface area contributed by atoms with Gasteiger partial charge in [-0.1, -0.05) is 18.9 Å². The van der Waals surface area contributed by atoms with Crippen molar-refractivity contribution in [1.29, 1.82) is 0 Å². The predicted octanol–water partition coefficient (Wildman–Crippen LogP) is 3.59. The second-order valence-corrected chi connectivity index (χ2v) is 5.82. The van der Waals surface area contributed by atoms with Crippen LogP contribution < -0.4 is 4.74 Å². The average Bonchev–Trinajstić information content (AvgIpc) is 2.84. The van der Waals surface area contributed by atoms with Crippen LogP contribution in [0.1, 0.15) is 41.7 Å². The van der Waals surface area contributed by atoms with Gasteiger partial charge in [-0.15, -0.1) is 0 Å². The van der Waals surface area contributed by atoms with Crippen molar-refractivity contribution >= 4 is 5.91 Å². The molecule has 0 radical (unpaired) electrons. The van der Waals surface area contributed by atoms with Crippen LogP contribution in [0.5, 0.6) is 11.8 Å². The molecule has 1 saturated heterocycles. The average molecular weight is 311 g/mol. The van der Waals surface area contributed by atoms with Crippen LogP contribution in [0.25, 0.3) is 0 Å². The molecule has 0 aliphatic carbocycles. The van der Waals surface area contributed by atoms with E-state index in [1.807, 2.05) is 36.1 Å². The Morgan fingerprint density at radius 2 is 1.91 bits per heavy atom. The number of likely N-dealkylation sites (tertiary alicyclic amines) is 1. The first-order chi connectivity index (χ1) is 11.2. The van der Waals surface area contributed by atoms with E-state index in [0.29, 0.717) is 17.3 Å². The summed E-state index contributed by atoms with van der Waals surface area (Å²) in [6.45, 7) is 3.56.